The van der Waals surface area contributed by atoms with Gasteiger partial charge in [-0.3, -0.25) is 9.59 Å². The van der Waals surface area contributed by atoms with Gasteiger partial charge in [0.25, 0.3) is 11.8 Å². The maximum absolute atomic E-state index is 13.6. The van der Waals surface area contributed by atoms with Crippen molar-refractivity contribution in [1.29, 1.82) is 0 Å². The van der Waals surface area contributed by atoms with Crippen molar-refractivity contribution in [2.75, 3.05) is 60.2 Å². The number of amides is 2. The van der Waals surface area contributed by atoms with Gasteiger partial charge in [-0.1, -0.05) is 12.1 Å². The summed E-state index contributed by atoms with van der Waals surface area (Å²) in [5.74, 6) is -0.543. The number of carbonyl (C=O) groups is 2. The summed E-state index contributed by atoms with van der Waals surface area (Å²) in [7, 11) is 2.13. The van der Waals surface area contributed by atoms with Gasteiger partial charge < -0.3 is 25.3 Å². The number of aromatic nitrogens is 2. The Morgan fingerprint density at radius 1 is 0.913 bits per heavy atom. The first-order valence-corrected chi connectivity index (χ1v) is 15.0. The molecule has 9 nitrogen and oxygen atoms in total. The second kappa shape index (κ2) is 12.4. The van der Waals surface area contributed by atoms with E-state index in [1.54, 1.807) is 23.1 Å². The number of rotatable bonds is 6. The number of halogens is 3. The van der Waals surface area contributed by atoms with E-state index < -0.39 is 17.6 Å². The molecule has 0 atom stereocenters. The molecule has 2 aliphatic heterocycles. The Morgan fingerprint density at radius 3 is 2.35 bits per heavy atom. The zero-order valence-corrected chi connectivity index (χ0v) is 25.8. The first-order chi connectivity index (χ1) is 22.0. The van der Waals surface area contributed by atoms with Gasteiger partial charge in [-0.2, -0.15) is 13.2 Å². The standard InChI is InChI=1S/C34H34F3N7O2/c1-21-7-8-24(39-31(45)26-5-4-6-28(22(26)2)34(35,36)37)19-30(21)44-14-13-29-27(32(44)46)20-38-33(41-29)40-23-9-11-25(12-10-23)43-17-15-42(3)16-18-43/h4-12,19-20H,13-18H2,1-3H3,(H,39,45)(H,38,40,41). The molecule has 0 radical (unpaired) electrons. The molecule has 0 spiro atoms. The van der Waals surface area contributed by atoms with Gasteiger partial charge >= 0.3 is 6.18 Å². The fraction of sp³-hybridized carbons (Fsp3) is 0.294. The minimum atomic E-state index is -4.57. The molecule has 0 unspecified atom stereocenters. The first-order valence-electron chi connectivity index (χ1n) is 15.0. The molecule has 4 aromatic rings. The van der Waals surface area contributed by atoms with E-state index in [-0.39, 0.29) is 17.0 Å². The van der Waals surface area contributed by atoms with Crippen molar-refractivity contribution in [2.24, 2.45) is 0 Å². The summed E-state index contributed by atoms with van der Waals surface area (Å²) in [6.07, 6.45) is -2.56. The number of nitrogens with zero attached hydrogens (tertiary/aromatic N) is 5. The van der Waals surface area contributed by atoms with E-state index in [9.17, 15) is 22.8 Å². The predicted octanol–water partition coefficient (Wildman–Crippen LogP) is 6.06. The maximum atomic E-state index is 13.6. The van der Waals surface area contributed by atoms with Gasteiger partial charge in [0.15, 0.2) is 0 Å². The molecule has 3 aromatic carbocycles. The highest BCUT2D eigenvalue weighted by Gasteiger charge is 2.34. The molecule has 1 fully saturated rings. The summed E-state index contributed by atoms with van der Waals surface area (Å²) in [5, 5.41) is 5.93. The molecule has 238 valence electrons. The molecule has 46 heavy (non-hydrogen) atoms. The summed E-state index contributed by atoms with van der Waals surface area (Å²) in [6.45, 7) is 7.51. The summed E-state index contributed by atoms with van der Waals surface area (Å²) in [6, 6.07) is 16.7. The lowest BCUT2D eigenvalue weighted by atomic mass is 10.0. The molecule has 1 saturated heterocycles. The predicted molar refractivity (Wildman–Crippen MR) is 172 cm³/mol. The van der Waals surface area contributed by atoms with Crippen LogP contribution in [0.25, 0.3) is 0 Å². The highest BCUT2D eigenvalue weighted by molar-refractivity contribution is 6.09. The van der Waals surface area contributed by atoms with Crippen molar-refractivity contribution in [3.8, 4) is 0 Å². The van der Waals surface area contributed by atoms with E-state index in [2.05, 4.69) is 49.6 Å². The molecular formula is C34H34F3N7O2. The van der Waals surface area contributed by atoms with Crippen molar-refractivity contribution in [3.05, 3.63) is 100 Å². The van der Waals surface area contributed by atoms with Crippen LogP contribution >= 0.6 is 0 Å². The quantitative estimate of drug-likeness (QED) is 0.268. The number of benzene rings is 3. The van der Waals surface area contributed by atoms with E-state index in [1.165, 1.54) is 30.9 Å². The molecule has 6 rings (SSSR count). The Hall–Kier alpha value is -4.97. The number of anilines is 5. The van der Waals surface area contributed by atoms with Gasteiger partial charge in [-0.25, -0.2) is 9.97 Å². The lowest BCUT2D eigenvalue weighted by Crippen LogP contribution is -2.44. The molecule has 3 heterocycles. The molecule has 2 amide bonds. The van der Waals surface area contributed by atoms with Gasteiger partial charge in [0.1, 0.15) is 0 Å². The number of likely N-dealkylation sites (N-methyl/N-ethyl adjacent to an activating group) is 1. The molecule has 12 heteroatoms. The molecule has 0 saturated carbocycles. The van der Waals surface area contributed by atoms with Crippen LogP contribution in [0.2, 0.25) is 0 Å². The van der Waals surface area contributed by atoms with Gasteiger partial charge in [0.05, 0.1) is 16.8 Å². The van der Waals surface area contributed by atoms with Gasteiger partial charge in [-0.05, 0) is 80.6 Å². The van der Waals surface area contributed by atoms with E-state index in [0.717, 1.165) is 43.5 Å². The molecule has 0 bridgehead atoms. The van der Waals surface area contributed by atoms with Crippen molar-refractivity contribution < 1.29 is 22.8 Å². The second-order valence-corrected chi connectivity index (χ2v) is 11.7. The molecule has 1 aromatic heterocycles. The zero-order valence-electron chi connectivity index (χ0n) is 25.8. The summed E-state index contributed by atoms with van der Waals surface area (Å²) < 4.78 is 40.1. The maximum Gasteiger partial charge on any atom is 0.416 e. The fourth-order valence-electron chi connectivity index (χ4n) is 5.86. The molecular weight excluding hydrogens is 595 g/mol. The van der Waals surface area contributed by atoms with Gasteiger partial charge in [0.2, 0.25) is 5.95 Å². The average molecular weight is 630 g/mol. The third kappa shape index (κ3) is 6.38. The second-order valence-electron chi connectivity index (χ2n) is 11.7. The normalized spacial score (nSPS) is 15.5. The van der Waals surface area contributed by atoms with Crippen LogP contribution in [-0.2, 0) is 12.6 Å². The lowest BCUT2D eigenvalue weighted by molar-refractivity contribution is -0.138. The van der Waals surface area contributed by atoms with E-state index in [0.29, 0.717) is 41.5 Å². The average Bonchev–Trinajstić information content (AvgIpc) is 3.03. The Labute approximate surface area is 265 Å². The van der Waals surface area contributed by atoms with Crippen LogP contribution in [0, 0.1) is 13.8 Å². The van der Waals surface area contributed by atoms with Crippen LogP contribution in [0.5, 0.6) is 0 Å². The number of alkyl halides is 3. The topological polar surface area (TPSA) is 93.7 Å². The molecule has 2 N–H and O–H groups in total. The monoisotopic (exact) mass is 629 g/mol. The van der Waals surface area contributed by atoms with Crippen molar-refractivity contribution >= 4 is 40.5 Å². The first kappa shape index (κ1) is 31.0. The van der Waals surface area contributed by atoms with Crippen LogP contribution < -0.4 is 20.4 Å². The number of carbonyl (C=O) groups excluding carboxylic acids is 2. The highest BCUT2D eigenvalue weighted by Crippen LogP contribution is 2.34. The van der Waals surface area contributed by atoms with Crippen LogP contribution in [0.4, 0.5) is 41.9 Å². The van der Waals surface area contributed by atoms with Crippen LogP contribution in [-0.4, -0.2) is 66.5 Å². The summed E-state index contributed by atoms with van der Waals surface area (Å²) in [5.41, 5.74) is 3.67. The number of hydrogen-bond acceptors (Lipinski definition) is 7. The van der Waals surface area contributed by atoms with Crippen LogP contribution in [0.1, 0.15) is 43.1 Å². The van der Waals surface area contributed by atoms with Crippen molar-refractivity contribution in [1.82, 2.24) is 14.9 Å². The zero-order chi connectivity index (χ0) is 32.6. The highest BCUT2D eigenvalue weighted by atomic mass is 19.4. The van der Waals surface area contributed by atoms with E-state index in [4.69, 9.17) is 0 Å². The van der Waals surface area contributed by atoms with Gasteiger partial charge in [0, 0.05) is 73.7 Å². The van der Waals surface area contributed by atoms with Crippen LogP contribution in [0.3, 0.4) is 0 Å². The van der Waals surface area contributed by atoms with Crippen molar-refractivity contribution in [2.45, 2.75) is 26.4 Å². The van der Waals surface area contributed by atoms with Crippen LogP contribution in [0.15, 0.2) is 66.9 Å². The number of aryl methyl sites for hydroxylation is 1. The Balaban J connectivity index is 1.15. The number of nitrogens with one attached hydrogen (secondary N) is 2. The molecule has 2 aliphatic rings. The summed E-state index contributed by atoms with van der Waals surface area (Å²) in [4.78, 5) is 41.9. The van der Waals surface area contributed by atoms with Crippen molar-refractivity contribution in [3.63, 3.8) is 0 Å². The van der Waals surface area contributed by atoms with E-state index >= 15 is 0 Å². The Morgan fingerprint density at radius 2 is 1.63 bits per heavy atom. The minimum absolute atomic E-state index is 0.0764. The molecule has 0 aliphatic carbocycles. The fourth-order valence-corrected chi connectivity index (χ4v) is 5.86. The number of fused-ring (bicyclic) bond motifs is 1. The SMILES string of the molecule is Cc1ccc(NC(=O)c2cccc(C(F)(F)F)c2C)cc1N1CCc2nc(Nc3ccc(N4CCN(C)CC4)cc3)ncc2C1=O. The third-order valence-electron chi connectivity index (χ3n) is 8.55. The smallest absolute Gasteiger partial charge is 0.369 e. The minimum Gasteiger partial charge on any atom is -0.369 e. The lowest BCUT2D eigenvalue weighted by Gasteiger charge is -2.34. The number of hydrogen-bond donors (Lipinski definition) is 2. The third-order valence-corrected chi connectivity index (χ3v) is 8.55. The van der Waals surface area contributed by atoms with Gasteiger partial charge in [-0.15, -0.1) is 0 Å². The van der Waals surface area contributed by atoms with E-state index in [1.807, 2.05) is 19.1 Å². The number of piperazine rings is 1. The summed E-state index contributed by atoms with van der Waals surface area (Å²) >= 11 is 0. The Kier molecular flexibility index (Phi) is 8.39. The largest absolute Gasteiger partial charge is 0.416 e. The Bertz CT molecular complexity index is 1780.